The monoisotopic (exact) mass is 370 g/mol. The van der Waals surface area contributed by atoms with Crippen LogP contribution in [-0.4, -0.2) is 50.7 Å². The Hall–Kier alpha value is -2.60. The van der Waals surface area contributed by atoms with Gasteiger partial charge in [-0.3, -0.25) is 14.4 Å². The first-order valence-corrected chi connectivity index (χ1v) is 9.19. The van der Waals surface area contributed by atoms with Crippen LogP contribution in [0, 0.1) is 0 Å². The molecule has 1 saturated carbocycles. The molecule has 27 heavy (non-hydrogen) atoms. The number of aliphatic hydroxyl groups excluding tert-OH is 1. The molecule has 142 valence electrons. The van der Waals surface area contributed by atoms with Crippen molar-refractivity contribution in [3.63, 3.8) is 0 Å². The van der Waals surface area contributed by atoms with Crippen LogP contribution in [0.15, 0.2) is 35.9 Å². The zero-order chi connectivity index (χ0) is 19.8. The number of ketones is 2. The summed E-state index contributed by atoms with van der Waals surface area (Å²) in [5, 5.41) is 18.6. The average molecular weight is 370 g/mol. The van der Waals surface area contributed by atoms with Crippen molar-refractivity contribution in [2.45, 2.75) is 51.0 Å². The van der Waals surface area contributed by atoms with Crippen molar-refractivity contribution in [2.24, 2.45) is 0 Å². The summed E-state index contributed by atoms with van der Waals surface area (Å²) in [4.78, 5) is 33.9. The van der Waals surface area contributed by atoms with Crippen LogP contribution in [0.4, 0.5) is 5.69 Å². The first-order valence-electron chi connectivity index (χ1n) is 9.19. The second-order valence-corrected chi connectivity index (χ2v) is 7.58. The van der Waals surface area contributed by atoms with Gasteiger partial charge in [0, 0.05) is 36.1 Å². The number of Topliss-reactive ketones (excluding diaryl/α,β-unsaturated/α-hetero) is 2. The Morgan fingerprint density at radius 1 is 1.19 bits per heavy atom. The maximum Gasteiger partial charge on any atom is 0.303 e. The number of aliphatic hydroxyl groups is 1. The van der Waals surface area contributed by atoms with Crippen molar-refractivity contribution in [1.29, 1.82) is 0 Å². The van der Waals surface area contributed by atoms with E-state index in [1.165, 1.54) is 0 Å². The van der Waals surface area contributed by atoms with Crippen LogP contribution in [0.1, 0.15) is 45.1 Å². The molecule has 0 aromatic heterocycles. The fourth-order valence-electron chi connectivity index (χ4n) is 3.81. The van der Waals surface area contributed by atoms with Gasteiger partial charge in [-0.15, -0.1) is 0 Å². The maximum absolute atomic E-state index is 11.8. The van der Waals surface area contributed by atoms with Gasteiger partial charge in [0.05, 0.1) is 5.41 Å². The summed E-state index contributed by atoms with van der Waals surface area (Å²) in [7, 11) is 0. The summed E-state index contributed by atoms with van der Waals surface area (Å²) in [5.74, 6) is -2.17. The molecule has 1 aromatic carbocycles. The van der Waals surface area contributed by atoms with Gasteiger partial charge in [-0.1, -0.05) is 18.2 Å². The van der Waals surface area contributed by atoms with Crippen molar-refractivity contribution >= 4 is 28.9 Å². The highest BCUT2D eigenvalue weighted by atomic mass is 16.4. The van der Waals surface area contributed by atoms with E-state index in [1.807, 2.05) is 24.3 Å². The van der Waals surface area contributed by atoms with Crippen LogP contribution in [0.5, 0.6) is 0 Å². The molecule has 1 aromatic rings. The van der Waals surface area contributed by atoms with E-state index in [1.54, 1.807) is 6.08 Å². The number of aliphatic carboxylic acids is 1. The molecule has 6 heteroatoms. The third-order valence-electron chi connectivity index (χ3n) is 5.39. The van der Waals surface area contributed by atoms with Crippen molar-refractivity contribution in [3.8, 4) is 0 Å². The molecule has 2 aliphatic rings. The topological polar surface area (TPSA) is 94.7 Å². The molecule has 6 nitrogen and oxygen atoms in total. The highest BCUT2D eigenvalue weighted by molar-refractivity contribution is 6.55. The number of carbonyl (C=O) groups excluding carboxylic acids is 2. The molecule has 1 heterocycles. The number of allylic oxidation sites excluding steroid dienone is 1. The first-order chi connectivity index (χ1) is 12.7. The zero-order valence-electron chi connectivity index (χ0n) is 15.6. The molecule has 0 amide bonds. The minimum absolute atomic E-state index is 0.145. The van der Waals surface area contributed by atoms with Gasteiger partial charge in [-0.2, -0.15) is 4.58 Å². The SMILES string of the molecule is CC1(C)C(/C=C2\C(=O)C(=O)C2O)=[N+](CCCCCC(=O)O)c2ccccc21. The lowest BCUT2D eigenvalue weighted by Crippen LogP contribution is -2.46. The van der Waals surface area contributed by atoms with E-state index in [-0.39, 0.29) is 17.4 Å². The molecule has 0 spiro atoms. The summed E-state index contributed by atoms with van der Waals surface area (Å²) < 4.78 is 2.12. The lowest BCUT2D eigenvalue weighted by molar-refractivity contribution is -0.438. The lowest BCUT2D eigenvalue weighted by Gasteiger charge is -2.22. The summed E-state index contributed by atoms with van der Waals surface area (Å²) in [6.45, 7) is 4.79. The van der Waals surface area contributed by atoms with Gasteiger partial charge in [-0.25, -0.2) is 0 Å². The van der Waals surface area contributed by atoms with Crippen LogP contribution < -0.4 is 0 Å². The quantitative estimate of drug-likeness (QED) is 0.332. The Kier molecular flexibility index (Phi) is 5.11. The molecule has 1 unspecified atom stereocenters. The molecule has 2 N–H and O–H groups in total. The molecule has 1 aliphatic heterocycles. The van der Waals surface area contributed by atoms with Gasteiger partial charge in [0.25, 0.3) is 0 Å². The lowest BCUT2D eigenvalue weighted by atomic mass is 9.77. The van der Waals surface area contributed by atoms with Crippen molar-refractivity contribution in [2.75, 3.05) is 6.54 Å². The summed E-state index contributed by atoms with van der Waals surface area (Å²) in [6, 6.07) is 7.98. The number of rotatable bonds is 7. The van der Waals surface area contributed by atoms with Gasteiger partial charge in [0.2, 0.25) is 17.3 Å². The Labute approximate surface area is 157 Å². The first kappa shape index (κ1) is 19.2. The Morgan fingerprint density at radius 3 is 2.56 bits per heavy atom. The Bertz CT molecular complexity index is 878. The number of hydrogen-bond donors (Lipinski definition) is 2. The summed E-state index contributed by atoms with van der Waals surface area (Å²) >= 11 is 0. The highest BCUT2D eigenvalue weighted by Gasteiger charge is 2.48. The van der Waals surface area contributed by atoms with Crippen LogP contribution >= 0.6 is 0 Å². The number of unbranched alkanes of at least 4 members (excludes halogenated alkanes) is 2. The van der Waals surface area contributed by atoms with Gasteiger partial charge in [0.15, 0.2) is 5.71 Å². The fraction of sp³-hybridized carbons (Fsp3) is 0.429. The van der Waals surface area contributed by atoms with Crippen molar-refractivity contribution in [1.82, 2.24) is 0 Å². The second kappa shape index (κ2) is 7.19. The summed E-state index contributed by atoms with van der Waals surface area (Å²) in [6.07, 6.45) is 2.70. The van der Waals surface area contributed by atoms with Crippen LogP contribution in [0.3, 0.4) is 0 Å². The number of fused-ring (bicyclic) bond motifs is 1. The normalized spacial score (nSPS) is 22.2. The van der Waals surface area contributed by atoms with Gasteiger partial charge >= 0.3 is 5.97 Å². The third kappa shape index (κ3) is 3.37. The molecule has 1 aliphatic carbocycles. The van der Waals surface area contributed by atoms with E-state index in [0.29, 0.717) is 13.0 Å². The Morgan fingerprint density at radius 2 is 1.89 bits per heavy atom. The number of para-hydroxylation sites is 1. The maximum atomic E-state index is 11.8. The predicted octanol–water partition coefficient (Wildman–Crippen LogP) is 2.15. The van der Waals surface area contributed by atoms with E-state index >= 15 is 0 Å². The summed E-state index contributed by atoms with van der Waals surface area (Å²) in [5.41, 5.74) is 2.81. The molecular formula is C21H24NO5+. The molecular weight excluding hydrogens is 346 g/mol. The van der Waals surface area contributed by atoms with Gasteiger partial charge in [-0.05, 0) is 26.7 Å². The van der Waals surface area contributed by atoms with E-state index in [0.717, 1.165) is 29.8 Å². The molecule has 1 atom stereocenters. The number of nitrogens with zero attached hydrogens (tertiary/aromatic N) is 1. The number of benzene rings is 1. The van der Waals surface area contributed by atoms with E-state index in [2.05, 4.69) is 18.4 Å². The second-order valence-electron chi connectivity index (χ2n) is 7.58. The van der Waals surface area contributed by atoms with Crippen LogP contribution in [0.25, 0.3) is 0 Å². The van der Waals surface area contributed by atoms with Crippen molar-refractivity contribution < 1.29 is 29.2 Å². The van der Waals surface area contributed by atoms with E-state index < -0.39 is 23.6 Å². The standard InChI is InChI=1S/C21H23NO5/c1-21(2)14-8-5-6-9-15(14)22(11-7-3-4-10-17(23)24)16(21)12-13-18(25)20(27)19(13)26/h5-6,8-9,12,18,25H,3-4,7,10-11H2,1-2H3/p+1/b13-12-. The van der Waals surface area contributed by atoms with Crippen LogP contribution in [-0.2, 0) is 19.8 Å². The minimum atomic E-state index is -1.33. The van der Waals surface area contributed by atoms with E-state index in [4.69, 9.17) is 5.11 Å². The highest BCUT2D eigenvalue weighted by Crippen LogP contribution is 2.40. The number of carbonyl (C=O) groups is 3. The molecule has 0 bridgehead atoms. The van der Waals surface area contributed by atoms with E-state index in [9.17, 15) is 19.5 Å². The predicted molar refractivity (Wildman–Crippen MR) is 99.5 cm³/mol. The van der Waals surface area contributed by atoms with Gasteiger partial charge in [0.1, 0.15) is 12.6 Å². The smallest absolute Gasteiger partial charge is 0.303 e. The molecule has 0 radical (unpaired) electrons. The third-order valence-corrected chi connectivity index (χ3v) is 5.39. The van der Waals surface area contributed by atoms with Gasteiger partial charge < -0.3 is 10.2 Å². The Balaban J connectivity index is 1.91. The largest absolute Gasteiger partial charge is 0.481 e. The van der Waals surface area contributed by atoms with Crippen LogP contribution in [0.2, 0.25) is 0 Å². The molecule has 1 fully saturated rings. The minimum Gasteiger partial charge on any atom is -0.481 e. The molecule has 3 rings (SSSR count). The average Bonchev–Trinajstić information content (AvgIpc) is 2.85. The van der Waals surface area contributed by atoms with Crippen molar-refractivity contribution in [3.05, 3.63) is 41.5 Å². The molecule has 0 saturated heterocycles. The number of hydrogen-bond acceptors (Lipinski definition) is 4. The number of carboxylic acid groups (broad SMARTS) is 1. The fourth-order valence-corrected chi connectivity index (χ4v) is 3.81. The zero-order valence-corrected chi connectivity index (χ0v) is 15.6. The number of carboxylic acids is 1.